The van der Waals surface area contributed by atoms with Crippen molar-refractivity contribution < 1.29 is 17.9 Å². The van der Waals surface area contributed by atoms with Crippen molar-refractivity contribution in [2.75, 3.05) is 26.8 Å². The van der Waals surface area contributed by atoms with Gasteiger partial charge in [-0.25, -0.2) is 13.4 Å². The quantitative estimate of drug-likeness (QED) is 0.672. The number of hydrogen-bond donors (Lipinski definition) is 0. The lowest BCUT2D eigenvalue weighted by Gasteiger charge is -2.32. The van der Waals surface area contributed by atoms with Crippen LogP contribution in [0.5, 0.6) is 5.75 Å². The highest BCUT2D eigenvalue weighted by molar-refractivity contribution is 7.89. The Balaban J connectivity index is 1.60. The number of benzene rings is 2. The number of aryl methyl sites for hydroxylation is 2. The molecule has 1 atom stereocenters. The zero-order valence-corrected chi connectivity index (χ0v) is 16.9. The first kappa shape index (κ1) is 18.9. The molecule has 2 aromatic carbocycles. The number of ether oxygens (including phenoxy) is 2. The number of methoxy groups -OCH3 is 1. The predicted octanol–water partition coefficient (Wildman–Crippen LogP) is 2.65. The van der Waals surface area contributed by atoms with Crippen LogP contribution >= 0.6 is 0 Å². The van der Waals surface area contributed by atoms with Crippen molar-refractivity contribution in [1.82, 2.24) is 13.9 Å². The van der Waals surface area contributed by atoms with Crippen LogP contribution in [-0.4, -0.2) is 49.1 Å². The summed E-state index contributed by atoms with van der Waals surface area (Å²) < 4.78 is 40.3. The van der Waals surface area contributed by atoms with Crippen molar-refractivity contribution in [3.8, 4) is 5.75 Å². The Morgan fingerprint density at radius 2 is 1.93 bits per heavy atom. The average Bonchev–Trinajstić information content (AvgIpc) is 3.06. The Morgan fingerprint density at radius 1 is 1.18 bits per heavy atom. The van der Waals surface area contributed by atoms with E-state index in [4.69, 9.17) is 9.47 Å². The molecule has 28 heavy (non-hydrogen) atoms. The largest absolute Gasteiger partial charge is 0.497 e. The van der Waals surface area contributed by atoms with Gasteiger partial charge in [0, 0.05) is 26.3 Å². The minimum Gasteiger partial charge on any atom is -0.497 e. The van der Waals surface area contributed by atoms with Crippen LogP contribution in [0.4, 0.5) is 0 Å². The first-order chi connectivity index (χ1) is 13.4. The van der Waals surface area contributed by atoms with Gasteiger partial charge >= 0.3 is 0 Å². The van der Waals surface area contributed by atoms with Crippen LogP contribution in [-0.2, 0) is 21.8 Å². The lowest BCUT2D eigenvalue weighted by Crippen LogP contribution is -2.42. The molecule has 2 heterocycles. The lowest BCUT2D eigenvalue weighted by atomic mass is 10.0. The van der Waals surface area contributed by atoms with Crippen molar-refractivity contribution in [2.45, 2.75) is 18.1 Å². The Kier molecular flexibility index (Phi) is 4.86. The third-order valence-electron chi connectivity index (χ3n) is 5.16. The van der Waals surface area contributed by atoms with Gasteiger partial charge in [0.15, 0.2) is 5.03 Å². The van der Waals surface area contributed by atoms with E-state index in [9.17, 15) is 8.42 Å². The fraction of sp³-hybridized carbons (Fsp3) is 0.350. The Labute approximate surface area is 164 Å². The molecule has 0 N–H and O–H groups in total. The average molecular weight is 401 g/mol. The number of hydrogen-bond acceptors (Lipinski definition) is 5. The molecule has 1 aliphatic heterocycles. The van der Waals surface area contributed by atoms with Crippen LogP contribution in [0.3, 0.4) is 0 Å². The number of morpholine rings is 1. The highest BCUT2D eigenvalue weighted by Gasteiger charge is 2.33. The van der Waals surface area contributed by atoms with E-state index in [1.54, 1.807) is 31.8 Å². The first-order valence-corrected chi connectivity index (χ1v) is 10.5. The molecule has 3 aromatic rings. The summed E-state index contributed by atoms with van der Waals surface area (Å²) in [5.41, 5.74) is 0.953. The van der Waals surface area contributed by atoms with Gasteiger partial charge in [0.25, 0.3) is 10.0 Å². The van der Waals surface area contributed by atoms with Crippen LogP contribution in [0.25, 0.3) is 10.8 Å². The molecule has 0 aliphatic carbocycles. The summed E-state index contributed by atoms with van der Waals surface area (Å²) in [6, 6.07) is 11.9. The van der Waals surface area contributed by atoms with Gasteiger partial charge in [0.2, 0.25) is 0 Å². The van der Waals surface area contributed by atoms with E-state index in [1.807, 2.05) is 36.4 Å². The highest BCUT2D eigenvalue weighted by Crippen LogP contribution is 2.29. The second-order valence-corrected chi connectivity index (χ2v) is 8.82. The number of nitrogens with zero attached hydrogens (tertiary/aromatic N) is 3. The van der Waals surface area contributed by atoms with Crippen LogP contribution in [0, 0.1) is 6.92 Å². The molecule has 0 spiro atoms. The topological polar surface area (TPSA) is 73.7 Å². The van der Waals surface area contributed by atoms with Gasteiger partial charge in [0.05, 0.1) is 19.8 Å². The zero-order valence-electron chi connectivity index (χ0n) is 16.1. The van der Waals surface area contributed by atoms with Gasteiger partial charge in [0.1, 0.15) is 11.6 Å². The van der Waals surface area contributed by atoms with Crippen LogP contribution < -0.4 is 4.74 Å². The second kappa shape index (κ2) is 7.20. The molecular formula is C20H23N3O4S. The summed E-state index contributed by atoms with van der Waals surface area (Å²) in [5.74, 6) is 1.46. The summed E-state index contributed by atoms with van der Waals surface area (Å²) in [6.07, 6.45) is 1.23. The lowest BCUT2D eigenvalue weighted by molar-refractivity contribution is -0.00254. The van der Waals surface area contributed by atoms with E-state index >= 15 is 0 Å². The maximum absolute atomic E-state index is 13.0. The second-order valence-electron chi connectivity index (χ2n) is 6.93. The third kappa shape index (κ3) is 3.39. The smallest absolute Gasteiger partial charge is 0.262 e. The fourth-order valence-corrected chi connectivity index (χ4v) is 4.85. The SMILES string of the molecule is COc1ccc2cc([C@H]3CN(S(=O)(=O)c4cn(C)c(C)n4)CCO3)ccc2c1. The summed E-state index contributed by atoms with van der Waals surface area (Å²) in [5, 5.41) is 2.20. The van der Waals surface area contributed by atoms with Gasteiger partial charge < -0.3 is 14.0 Å². The number of sulfonamides is 1. The third-order valence-corrected chi connectivity index (χ3v) is 6.90. The monoisotopic (exact) mass is 401 g/mol. The minimum atomic E-state index is -3.65. The molecular weight excluding hydrogens is 378 g/mol. The van der Waals surface area contributed by atoms with Crippen LogP contribution in [0.1, 0.15) is 17.5 Å². The van der Waals surface area contributed by atoms with E-state index in [0.717, 1.165) is 22.1 Å². The Morgan fingerprint density at radius 3 is 2.64 bits per heavy atom. The molecule has 4 rings (SSSR count). The molecule has 148 valence electrons. The molecule has 0 amide bonds. The first-order valence-electron chi connectivity index (χ1n) is 9.08. The van der Waals surface area contributed by atoms with E-state index in [2.05, 4.69) is 4.98 Å². The highest BCUT2D eigenvalue weighted by atomic mass is 32.2. The van der Waals surface area contributed by atoms with Gasteiger partial charge in [-0.3, -0.25) is 0 Å². The molecule has 0 radical (unpaired) electrons. The molecule has 8 heteroatoms. The van der Waals surface area contributed by atoms with Crippen LogP contribution in [0.15, 0.2) is 47.6 Å². The normalized spacial score (nSPS) is 18.5. The van der Waals surface area contributed by atoms with Gasteiger partial charge in [-0.05, 0) is 41.5 Å². The number of fused-ring (bicyclic) bond motifs is 1. The maximum Gasteiger partial charge on any atom is 0.262 e. The van der Waals surface area contributed by atoms with E-state index in [0.29, 0.717) is 19.0 Å². The molecule has 1 fully saturated rings. The summed E-state index contributed by atoms with van der Waals surface area (Å²) >= 11 is 0. The van der Waals surface area contributed by atoms with Gasteiger partial charge in [-0.2, -0.15) is 4.31 Å². The Hall–Kier alpha value is -2.42. The van der Waals surface area contributed by atoms with Crippen molar-refractivity contribution in [2.24, 2.45) is 7.05 Å². The van der Waals surface area contributed by atoms with Crippen molar-refractivity contribution in [1.29, 1.82) is 0 Å². The van der Waals surface area contributed by atoms with E-state index < -0.39 is 10.0 Å². The van der Waals surface area contributed by atoms with Crippen LogP contribution in [0.2, 0.25) is 0 Å². The molecule has 1 aliphatic rings. The van der Waals surface area contributed by atoms with E-state index in [1.165, 1.54) is 4.31 Å². The van der Waals surface area contributed by atoms with Gasteiger partial charge in [-0.1, -0.05) is 18.2 Å². The Bertz CT molecular complexity index is 1100. The number of rotatable bonds is 4. The van der Waals surface area contributed by atoms with Gasteiger partial charge in [-0.15, -0.1) is 0 Å². The predicted molar refractivity (Wildman–Crippen MR) is 106 cm³/mol. The number of aromatic nitrogens is 2. The minimum absolute atomic E-state index is 0.0822. The summed E-state index contributed by atoms with van der Waals surface area (Å²) in [7, 11) is -0.224. The summed E-state index contributed by atoms with van der Waals surface area (Å²) in [4.78, 5) is 4.19. The molecule has 0 bridgehead atoms. The maximum atomic E-state index is 13.0. The summed E-state index contributed by atoms with van der Waals surface area (Å²) in [6.45, 7) is 2.71. The number of imidazole rings is 1. The molecule has 7 nitrogen and oxygen atoms in total. The standard InChI is InChI=1S/C20H23N3O4S/c1-14-21-20(13-22(14)2)28(24,25)23-8-9-27-19(12-23)17-5-4-16-11-18(26-3)7-6-15(16)10-17/h4-7,10-11,13,19H,8-9,12H2,1-3H3/t19-/m1/s1. The van der Waals surface area contributed by atoms with E-state index in [-0.39, 0.29) is 17.7 Å². The van der Waals surface area contributed by atoms with Crippen molar-refractivity contribution in [3.63, 3.8) is 0 Å². The van der Waals surface area contributed by atoms with Crippen molar-refractivity contribution >= 4 is 20.8 Å². The zero-order chi connectivity index (χ0) is 19.9. The molecule has 0 saturated carbocycles. The molecule has 1 saturated heterocycles. The molecule has 0 unspecified atom stereocenters. The fourth-order valence-electron chi connectivity index (χ4n) is 3.40. The van der Waals surface area contributed by atoms with Crippen molar-refractivity contribution in [3.05, 3.63) is 54.0 Å². The molecule has 1 aromatic heterocycles.